The van der Waals surface area contributed by atoms with Crippen molar-refractivity contribution in [1.82, 2.24) is 8.97 Å². The molecule has 2 aromatic rings. The van der Waals surface area contributed by atoms with Crippen molar-refractivity contribution in [3.8, 4) is 0 Å². The minimum atomic E-state index is -2.52. The zero-order chi connectivity index (χ0) is 15.6. The topological polar surface area (TPSA) is 90.8 Å². The van der Waals surface area contributed by atoms with E-state index < -0.39 is 12.5 Å². The fourth-order valence-electron chi connectivity index (χ4n) is 1.80. The van der Waals surface area contributed by atoms with E-state index >= 15 is 0 Å². The van der Waals surface area contributed by atoms with Crippen LogP contribution in [0.3, 0.4) is 0 Å². The molecule has 0 fully saturated rings. The van der Waals surface area contributed by atoms with E-state index in [0.717, 1.165) is 4.57 Å². The number of nitrogens with two attached hydrogens (primary N) is 2. The van der Waals surface area contributed by atoms with E-state index in [-0.39, 0.29) is 5.96 Å². The van der Waals surface area contributed by atoms with Gasteiger partial charge in [0.2, 0.25) is 0 Å². The molecule has 96 valence electrons. The van der Waals surface area contributed by atoms with Gasteiger partial charge in [0.15, 0.2) is 5.96 Å². The van der Waals surface area contributed by atoms with E-state index in [4.69, 9.17) is 15.6 Å². The van der Waals surface area contributed by atoms with Gasteiger partial charge in [0, 0.05) is 35.7 Å². The Kier molecular flexibility index (Phi) is 2.42. The molecule has 2 heterocycles. The second kappa shape index (κ2) is 4.95. The SMILES string of the molecule is [2H]C([2H])([2H])n1c(CCCN=C(N)N)cn2cccc2c1=O. The molecule has 0 aliphatic rings. The minimum absolute atomic E-state index is 0.0101. The number of aliphatic imine (C=N–C) groups is 1. The Labute approximate surface area is 109 Å². The van der Waals surface area contributed by atoms with E-state index in [0.29, 0.717) is 30.6 Å². The normalized spacial score (nSPS) is 13.9. The third-order valence-electron chi connectivity index (χ3n) is 2.66. The minimum Gasteiger partial charge on any atom is -0.370 e. The number of rotatable bonds is 4. The molecule has 18 heavy (non-hydrogen) atoms. The number of aromatic nitrogens is 2. The molecular formula is C12H17N5O. The molecule has 0 unspecified atom stereocenters. The Bertz CT molecular complexity index is 725. The van der Waals surface area contributed by atoms with Crippen LogP contribution < -0.4 is 17.0 Å². The molecule has 6 heteroatoms. The van der Waals surface area contributed by atoms with Crippen LogP contribution >= 0.6 is 0 Å². The molecule has 0 aliphatic heterocycles. The molecule has 0 amide bonds. The third kappa shape index (κ3) is 2.37. The summed E-state index contributed by atoms with van der Waals surface area (Å²) in [7, 11) is 0. The Morgan fingerprint density at radius 3 is 3.11 bits per heavy atom. The van der Waals surface area contributed by atoms with Gasteiger partial charge in [-0.3, -0.25) is 9.79 Å². The van der Waals surface area contributed by atoms with Gasteiger partial charge in [0.1, 0.15) is 5.52 Å². The summed E-state index contributed by atoms with van der Waals surface area (Å²) in [6.07, 6.45) is 4.29. The van der Waals surface area contributed by atoms with Crippen LogP contribution in [-0.4, -0.2) is 21.5 Å². The number of aryl methyl sites for hydroxylation is 1. The molecule has 2 aromatic heterocycles. The Morgan fingerprint density at radius 1 is 1.56 bits per heavy atom. The molecule has 0 atom stereocenters. The summed E-state index contributed by atoms with van der Waals surface area (Å²) in [5, 5.41) is 0. The largest absolute Gasteiger partial charge is 0.370 e. The number of hydrogen-bond donors (Lipinski definition) is 2. The highest BCUT2D eigenvalue weighted by atomic mass is 16.1. The van der Waals surface area contributed by atoms with Gasteiger partial charge in [-0.1, -0.05) is 0 Å². The van der Waals surface area contributed by atoms with Crippen LogP contribution in [0, 0.1) is 0 Å². The molecule has 0 bridgehead atoms. The number of guanidine groups is 1. The van der Waals surface area contributed by atoms with Gasteiger partial charge in [-0.2, -0.15) is 0 Å². The van der Waals surface area contributed by atoms with Gasteiger partial charge < -0.3 is 20.4 Å². The number of hydrogen-bond acceptors (Lipinski definition) is 2. The molecule has 4 N–H and O–H groups in total. The lowest BCUT2D eigenvalue weighted by atomic mass is 10.2. The fourth-order valence-corrected chi connectivity index (χ4v) is 1.80. The van der Waals surface area contributed by atoms with E-state index in [1.54, 1.807) is 28.9 Å². The van der Waals surface area contributed by atoms with Gasteiger partial charge in [-0.05, 0) is 25.0 Å². The molecule has 0 saturated heterocycles. The van der Waals surface area contributed by atoms with Crippen LogP contribution in [0.1, 0.15) is 16.2 Å². The molecule has 0 saturated carbocycles. The Morgan fingerprint density at radius 2 is 2.39 bits per heavy atom. The summed E-state index contributed by atoms with van der Waals surface area (Å²) in [5.74, 6) is -0.0101. The average Bonchev–Trinajstić information content (AvgIpc) is 2.81. The summed E-state index contributed by atoms with van der Waals surface area (Å²) >= 11 is 0. The van der Waals surface area contributed by atoms with E-state index in [1.807, 2.05) is 0 Å². The highest BCUT2D eigenvalue weighted by Gasteiger charge is 2.05. The van der Waals surface area contributed by atoms with Crippen molar-refractivity contribution in [2.45, 2.75) is 12.8 Å². The van der Waals surface area contributed by atoms with Crippen LogP contribution in [0.5, 0.6) is 0 Å². The van der Waals surface area contributed by atoms with Crippen molar-refractivity contribution >= 4 is 11.5 Å². The van der Waals surface area contributed by atoms with Gasteiger partial charge in [0.05, 0.1) is 0 Å². The molecule has 2 rings (SSSR count). The highest BCUT2D eigenvalue weighted by molar-refractivity contribution is 5.75. The van der Waals surface area contributed by atoms with Crippen molar-refractivity contribution in [3.63, 3.8) is 0 Å². The molecular weight excluding hydrogens is 230 g/mol. The average molecular weight is 250 g/mol. The van der Waals surface area contributed by atoms with E-state index in [2.05, 4.69) is 4.99 Å². The van der Waals surface area contributed by atoms with Crippen LogP contribution in [0.15, 0.2) is 34.3 Å². The maximum atomic E-state index is 12.3. The Hall–Kier alpha value is -2.24. The first-order valence-corrected chi connectivity index (χ1v) is 5.58. The van der Waals surface area contributed by atoms with Crippen molar-refractivity contribution in [2.24, 2.45) is 23.4 Å². The van der Waals surface area contributed by atoms with E-state index in [1.165, 1.54) is 0 Å². The molecule has 0 spiro atoms. The monoisotopic (exact) mass is 250 g/mol. The lowest BCUT2D eigenvalue weighted by Crippen LogP contribution is -2.23. The summed E-state index contributed by atoms with van der Waals surface area (Å²) in [6.45, 7) is -2.14. The first-order chi connectivity index (χ1) is 9.80. The van der Waals surface area contributed by atoms with Crippen LogP contribution in [-0.2, 0) is 13.4 Å². The van der Waals surface area contributed by atoms with Gasteiger partial charge in [-0.25, -0.2) is 0 Å². The summed E-state index contributed by atoms with van der Waals surface area (Å²) < 4.78 is 25.1. The van der Waals surface area contributed by atoms with Crippen molar-refractivity contribution in [2.75, 3.05) is 6.54 Å². The summed E-state index contributed by atoms with van der Waals surface area (Å²) in [5.41, 5.74) is 10.7. The number of fused-ring (bicyclic) bond motifs is 1. The zero-order valence-electron chi connectivity index (χ0n) is 12.8. The lowest BCUT2D eigenvalue weighted by molar-refractivity contribution is 0.715. The molecule has 6 nitrogen and oxygen atoms in total. The van der Waals surface area contributed by atoms with Crippen molar-refractivity contribution < 1.29 is 4.11 Å². The van der Waals surface area contributed by atoms with Crippen molar-refractivity contribution in [3.05, 3.63) is 40.6 Å². The predicted octanol–water partition coefficient (Wildman–Crippen LogP) is -0.156. The first-order valence-electron chi connectivity index (χ1n) is 7.08. The number of nitrogens with zero attached hydrogens (tertiary/aromatic N) is 3. The molecule has 0 radical (unpaired) electrons. The van der Waals surface area contributed by atoms with Crippen LogP contribution in [0.2, 0.25) is 0 Å². The lowest BCUT2D eigenvalue weighted by Gasteiger charge is -2.08. The van der Waals surface area contributed by atoms with Gasteiger partial charge >= 0.3 is 0 Å². The standard InChI is InChI=1S/C12H17N5O/c1-16-9(4-2-6-15-12(13)14)8-17-7-3-5-10(17)11(16)18/h3,5,7-8H,2,4,6H2,1H3,(H4,13,14,15)/i1D3. The molecule has 0 aromatic carbocycles. The smallest absolute Gasteiger partial charge is 0.274 e. The third-order valence-corrected chi connectivity index (χ3v) is 2.66. The quantitative estimate of drug-likeness (QED) is 0.449. The van der Waals surface area contributed by atoms with Gasteiger partial charge in [0.25, 0.3) is 5.56 Å². The van der Waals surface area contributed by atoms with Crippen molar-refractivity contribution in [1.29, 1.82) is 0 Å². The van der Waals surface area contributed by atoms with Gasteiger partial charge in [-0.15, -0.1) is 0 Å². The second-order valence-corrected chi connectivity index (χ2v) is 3.97. The fraction of sp³-hybridized carbons (Fsp3) is 0.333. The summed E-state index contributed by atoms with van der Waals surface area (Å²) in [6, 6.07) is 3.29. The zero-order valence-corrected chi connectivity index (χ0v) is 9.84. The summed E-state index contributed by atoms with van der Waals surface area (Å²) in [4.78, 5) is 16.2. The van der Waals surface area contributed by atoms with Crippen LogP contribution in [0.4, 0.5) is 0 Å². The second-order valence-electron chi connectivity index (χ2n) is 3.97. The van der Waals surface area contributed by atoms with E-state index in [9.17, 15) is 4.79 Å². The van der Waals surface area contributed by atoms with Crippen LogP contribution in [0.25, 0.3) is 5.52 Å². The highest BCUT2D eigenvalue weighted by Crippen LogP contribution is 2.04. The first kappa shape index (κ1) is 8.79. The maximum absolute atomic E-state index is 12.3. The predicted molar refractivity (Wildman–Crippen MR) is 71.6 cm³/mol. The maximum Gasteiger partial charge on any atom is 0.274 e. The molecule has 0 aliphatic carbocycles. The Balaban J connectivity index is 2.41.